The van der Waals surface area contributed by atoms with Gasteiger partial charge in [0.05, 0.1) is 17.2 Å². The molecule has 1 N–H and O–H groups in total. The number of carbonyl (C=O) groups is 1. The fraction of sp³-hybridized carbons (Fsp3) is 0.467. The van der Waals surface area contributed by atoms with Crippen LogP contribution in [0, 0.1) is 0 Å². The van der Waals surface area contributed by atoms with Crippen molar-refractivity contribution in [1.82, 2.24) is 14.9 Å². The highest BCUT2D eigenvalue weighted by atomic mass is 32.1. The lowest BCUT2D eigenvalue weighted by Gasteiger charge is -2.07. The second-order valence-electron chi connectivity index (χ2n) is 5.20. The van der Waals surface area contributed by atoms with Crippen molar-refractivity contribution in [2.75, 3.05) is 0 Å². The van der Waals surface area contributed by atoms with Crippen molar-refractivity contribution in [3.63, 3.8) is 0 Å². The van der Waals surface area contributed by atoms with Crippen molar-refractivity contribution in [2.45, 2.75) is 45.2 Å². The van der Waals surface area contributed by atoms with Crippen LogP contribution in [0.3, 0.4) is 0 Å². The fourth-order valence-electron chi connectivity index (χ4n) is 2.28. The van der Waals surface area contributed by atoms with Crippen molar-refractivity contribution in [3.8, 4) is 0 Å². The van der Waals surface area contributed by atoms with Crippen LogP contribution in [0.1, 0.15) is 53.4 Å². The summed E-state index contributed by atoms with van der Waals surface area (Å²) in [6.45, 7) is 2.66. The predicted octanol–water partition coefficient (Wildman–Crippen LogP) is 3.16. The molecule has 0 spiro atoms. The first-order chi connectivity index (χ1) is 9.78. The monoisotopic (exact) mass is 289 g/mol. The van der Waals surface area contributed by atoms with Gasteiger partial charge >= 0.3 is 0 Å². The third kappa shape index (κ3) is 2.93. The molecule has 0 unspecified atom stereocenters. The molecule has 20 heavy (non-hydrogen) atoms. The van der Waals surface area contributed by atoms with Crippen molar-refractivity contribution in [2.24, 2.45) is 0 Å². The molecule has 1 fully saturated rings. The summed E-state index contributed by atoms with van der Waals surface area (Å²) in [5, 5.41) is 6.15. The third-order valence-corrected chi connectivity index (χ3v) is 4.40. The van der Waals surface area contributed by atoms with Crippen molar-refractivity contribution in [1.29, 1.82) is 0 Å². The first-order valence-corrected chi connectivity index (χ1v) is 8.04. The minimum atomic E-state index is -0.00746. The summed E-state index contributed by atoms with van der Waals surface area (Å²) in [6, 6.07) is 4.35. The largest absolute Gasteiger partial charge is 0.345 e. The number of nitrogens with zero attached hydrogens (tertiary/aromatic N) is 2. The van der Waals surface area contributed by atoms with Crippen LogP contribution >= 0.6 is 11.3 Å². The summed E-state index contributed by atoms with van der Waals surface area (Å²) < 4.78 is 2.08. The summed E-state index contributed by atoms with van der Waals surface area (Å²) in [6.07, 6.45) is 6.48. The Morgan fingerprint density at radius 1 is 1.55 bits per heavy atom. The molecule has 1 saturated carbocycles. The average Bonchev–Trinajstić information content (AvgIpc) is 3.01. The van der Waals surface area contributed by atoms with Gasteiger partial charge in [-0.15, -0.1) is 11.3 Å². The van der Waals surface area contributed by atoms with Crippen LogP contribution in [-0.4, -0.2) is 15.5 Å². The summed E-state index contributed by atoms with van der Waals surface area (Å²) >= 11 is 1.67. The van der Waals surface area contributed by atoms with E-state index in [0.717, 1.165) is 29.2 Å². The van der Waals surface area contributed by atoms with Crippen molar-refractivity contribution < 1.29 is 4.79 Å². The van der Waals surface area contributed by atoms with E-state index >= 15 is 0 Å². The summed E-state index contributed by atoms with van der Waals surface area (Å²) in [4.78, 5) is 16.7. The van der Waals surface area contributed by atoms with Crippen LogP contribution in [0.15, 0.2) is 23.7 Å². The lowest BCUT2D eigenvalue weighted by Crippen LogP contribution is -2.25. The molecule has 1 amide bonds. The molecule has 0 radical (unpaired) electrons. The second kappa shape index (κ2) is 5.79. The lowest BCUT2D eigenvalue weighted by atomic mass is 10.3. The smallest absolute Gasteiger partial charge is 0.268 e. The fourth-order valence-corrected chi connectivity index (χ4v) is 3.18. The molecular weight excluding hydrogens is 270 g/mol. The molecule has 0 saturated heterocycles. The molecule has 0 bridgehead atoms. The Morgan fingerprint density at radius 3 is 3.15 bits per heavy atom. The molecule has 2 aromatic rings. The van der Waals surface area contributed by atoms with E-state index < -0.39 is 0 Å². The van der Waals surface area contributed by atoms with Gasteiger partial charge in [-0.25, -0.2) is 4.98 Å². The molecule has 4 nitrogen and oxygen atoms in total. The molecule has 2 aromatic heterocycles. The van der Waals surface area contributed by atoms with E-state index in [0.29, 0.717) is 12.6 Å². The normalized spacial score (nSPS) is 14.4. The Morgan fingerprint density at radius 2 is 2.40 bits per heavy atom. The molecular formula is C15H19N3OS. The van der Waals surface area contributed by atoms with Crippen LogP contribution < -0.4 is 5.32 Å². The molecule has 0 aliphatic heterocycles. The van der Waals surface area contributed by atoms with E-state index in [4.69, 9.17) is 0 Å². The Kier molecular flexibility index (Phi) is 3.87. The molecule has 1 aliphatic carbocycles. The Hall–Kier alpha value is -1.62. The van der Waals surface area contributed by atoms with E-state index in [-0.39, 0.29) is 5.91 Å². The first-order valence-electron chi connectivity index (χ1n) is 7.16. The number of hydrogen-bond acceptors (Lipinski definition) is 3. The van der Waals surface area contributed by atoms with Crippen LogP contribution in [0.5, 0.6) is 0 Å². The van der Waals surface area contributed by atoms with Gasteiger partial charge in [0.1, 0.15) is 5.69 Å². The van der Waals surface area contributed by atoms with Crippen molar-refractivity contribution in [3.05, 3.63) is 40.1 Å². The van der Waals surface area contributed by atoms with Gasteiger partial charge in [-0.3, -0.25) is 4.79 Å². The Balaban J connectivity index is 1.59. The number of aromatic nitrogens is 2. The van der Waals surface area contributed by atoms with Gasteiger partial charge in [0.25, 0.3) is 5.91 Å². The molecule has 3 rings (SSSR count). The molecule has 5 heteroatoms. The van der Waals surface area contributed by atoms with E-state index in [1.54, 1.807) is 11.3 Å². The summed E-state index contributed by atoms with van der Waals surface area (Å²) in [7, 11) is 0. The van der Waals surface area contributed by atoms with Crippen LogP contribution in [0.4, 0.5) is 0 Å². The minimum absolute atomic E-state index is 0.00746. The SMILES string of the molecule is CCCc1nc(CNC(=O)c2cccn2C2CC2)cs1. The summed E-state index contributed by atoms with van der Waals surface area (Å²) in [5.41, 5.74) is 1.72. The van der Waals surface area contributed by atoms with Gasteiger partial charge in [-0.1, -0.05) is 6.92 Å². The van der Waals surface area contributed by atoms with Crippen LogP contribution in [0.25, 0.3) is 0 Å². The predicted molar refractivity (Wildman–Crippen MR) is 80.0 cm³/mol. The zero-order valence-corrected chi connectivity index (χ0v) is 12.4. The molecule has 2 heterocycles. The minimum Gasteiger partial charge on any atom is -0.345 e. The number of carbonyl (C=O) groups excluding carboxylic acids is 1. The van der Waals surface area contributed by atoms with E-state index in [1.165, 1.54) is 12.8 Å². The maximum atomic E-state index is 12.2. The average molecular weight is 289 g/mol. The topological polar surface area (TPSA) is 46.9 Å². The van der Waals surface area contributed by atoms with E-state index in [9.17, 15) is 4.79 Å². The van der Waals surface area contributed by atoms with Gasteiger partial charge in [0, 0.05) is 17.6 Å². The van der Waals surface area contributed by atoms with Crippen LogP contribution in [-0.2, 0) is 13.0 Å². The highest BCUT2D eigenvalue weighted by Gasteiger charge is 2.26. The second-order valence-corrected chi connectivity index (χ2v) is 6.14. The van der Waals surface area contributed by atoms with Crippen LogP contribution in [0.2, 0.25) is 0 Å². The van der Waals surface area contributed by atoms with Crippen molar-refractivity contribution >= 4 is 17.2 Å². The number of aryl methyl sites for hydroxylation is 1. The van der Waals surface area contributed by atoms with Gasteiger partial charge in [0.2, 0.25) is 0 Å². The quantitative estimate of drug-likeness (QED) is 0.888. The van der Waals surface area contributed by atoms with E-state index in [2.05, 4.69) is 21.8 Å². The highest BCUT2D eigenvalue weighted by molar-refractivity contribution is 7.09. The molecule has 0 atom stereocenters. The van der Waals surface area contributed by atoms with Gasteiger partial charge in [0.15, 0.2) is 0 Å². The van der Waals surface area contributed by atoms with Gasteiger partial charge in [-0.2, -0.15) is 0 Å². The molecule has 106 valence electrons. The zero-order valence-electron chi connectivity index (χ0n) is 11.6. The number of thiazole rings is 1. The van der Waals surface area contributed by atoms with E-state index in [1.807, 2.05) is 23.7 Å². The standard InChI is InChI=1S/C15H19N3OS/c1-2-4-14-17-11(10-20-14)9-16-15(19)13-5-3-8-18(13)12-6-7-12/h3,5,8,10,12H,2,4,6-7,9H2,1H3,(H,16,19). The number of amides is 1. The van der Waals surface area contributed by atoms with Gasteiger partial charge in [-0.05, 0) is 37.8 Å². The zero-order chi connectivity index (χ0) is 13.9. The summed E-state index contributed by atoms with van der Waals surface area (Å²) in [5.74, 6) is -0.00746. The number of nitrogens with one attached hydrogen (secondary N) is 1. The molecule has 1 aliphatic rings. The molecule has 0 aromatic carbocycles. The lowest BCUT2D eigenvalue weighted by molar-refractivity contribution is 0.0941. The first kappa shape index (κ1) is 13.4. The maximum Gasteiger partial charge on any atom is 0.268 e. The Labute approximate surface area is 122 Å². The maximum absolute atomic E-state index is 12.2. The highest BCUT2D eigenvalue weighted by Crippen LogP contribution is 2.35. The number of rotatable bonds is 6. The number of hydrogen-bond donors (Lipinski definition) is 1. The van der Waals surface area contributed by atoms with Gasteiger partial charge < -0.3 is 9.88 Å². The Bertz CT molecular complexity index is 598. The third-order valence-electron chi connectivity index (χ3n) is 3.45.